The summed E-state index contributed by atoms with van der Waals surface area (Å²) < 4.78 is 1.91. The monoisotopic (exact) mass is 248 g/mol. The van der Waals surface area contributed by atoms with Crippen molar-refractivity contribution in [1.82, 2.24) is 9.55 Å². The van der Waals surface area contributed by atoms with Gasteiger partial charge in [-0.25, -0.2) is 4.98 Å². The normalized spacial score (nSPS) is 10.9. The Kier molecular flexibility index (Phi) is 6.11. The Morgan fingerprint density at radius 1 is 1.13 bits per heavy atom. The van der Waals surface area contributed by atoms with E-state index in [1.54, 1.807) is 6.33 Å². The average molecular weight is 249 g/mol. The summed E-state index contributed by atoms with van der Waals surface area (Å²) in [5, 5.41) is 0.966. The molecular weight excluding hydrogens is 231 g/mol. The van der Waals surface area contributed by atoms with Crippen LogP contribution in [0.15, 0.2) is 6.33 Å². The highest BCUT2D eigenvalue weighted by Gasteiger charge is 2.04. The van der Waals surface area contributed by atoms with Crippen molar-refractivity contribution in [3.05, 3.63) is 16.6 Å². The summed E-state index contributed by atoms with van der Waals surface area (Å²) in [6, 6.07) is 0. The molecule has 0 spiro atoms. The molecule has 86 valence electrons. The maximum Gasteiger partial charge on any atom is 0.166 e. The van der Waals surface area contributed by atoms with Gasteiger partial charge in [-0.05, 0) is 6.42 Å². The summed E-state index contributed by atoms with van der Waals surface area (Å²) in [6.07, 6.45) is 9.41. The van der Waals surface area contributed by atoms with Crippen LogP contribution in [0.4, 0.5) is 0 Å². The molecule has 0 aliphatic carbocycles. The number of imidazole rings is 1. The van der Waals surface area contributed by atoms with Gasteiger partial charge in [0.15, 0.2) is 5.15 Å². The Morgan fingerprint density at radius 3 is 2.40 bits per heavy atom. The average Bonchev–Trinajstić information content (AvgIpc) is 2.54. The van der Waals surface area contributed by atoms with Gasteiger partial charge in [-0.3, -0.25) is 0 Å². The second kappa shape index (κ2) is 7.13. The van der Waals surface area contributed by atoms with Gasteiger partial charge in [-0.1, -0.05) is 62.2 Å². The first-order valence-electron chi connectivity index (χ1n) is 5.61. The fourth-order valence-electron chi connectivity index (χ4n) is 1.56. The molecule has 1 aromatic heterocycles. The fraction of sp³-hybridized carbons (Fsp3) is 0.727. The maximum atomic E-state index is 5.94. The molecule has 15 heavy (non-hydrogen) atoms. The van der Waals surface area contributed by atoms with E-state index < -0.39 is 0 Å². The maximum absolute atomic E-state index is 5.94. The SMILES string of the molecule is CCCCCCCCn1cnc(Cl)c1Cl. The third-order valence-electron chi connectivity index (χ3n) is 2.49. The van der Waals surface area contributed by atoms with Gasteiger partial charge < -0.3 is 4.57 Å². The van der Waals surface area contributed by atoms with Crippen LogP contribution in [0.25, 0.3) is 0 Å². The van der Waals surface area contributed by atoms with Gasteiger partial charge in [-0.15, -0.1) is 0 Å². The molecule has 0 aliphatic heterocycles. The van der Waals surface area contributed by atoms with Crippen molar-refractivity contribution in [3.8, 4) is 0 Å². The van der Waals surface area contributed by atoms with Crippen LogP contribution in [-0.2, 0) is 6.54 Å². The summed E-state index contributed by atoms with van der Waals surface area (Å²) >= 11 is 11.7. The van der Waals surface area contributed by atoms with Crippen molar-refractivity contribution in [2.75, 3.05) is 0 Å². The predicted molar refractivity (Wildman–Crippen MR) is 65.6 cm³/mol. The van der Waals surface area contributed by atoms with E-state index in [2.05, 4.69) is 11.9 Å². The number of unbranched alkanes of at least 4 members (excludes halogenated alkanes) is 5. The summed E-state index contributed by atoms with van der Waals surface area (Å²) in [5.41, 5.74) is 0. The van der Waals surface area contributed by atoms with Crippen molar-refractivity contribution in [2.45, 2.75) is 52.0 Å². The van der Waals surface area contributed by atoms with E-state index in [0.29, 0.717) is 10.3 Å². The third-order valence-corrected chi connectivity index (χ3v) is 3.25. The molecule has 1 aromatic rings. The number of hydrogen-bond acceptors (Lipinski definition) is 1. The molecule has 0 saturated carbocycles. The summed E-state index contributed by atoms with van der Waals surface area (Å²) in [4.78, 5) is 3.94. The number of rotatable bonds is 7. The fourth-order valence-corrected chi connectivity index (χ4v) is 1.89. The first kappa shape index (κ1) is 12.9. The Labute approximate surface area is 102 Å². The zero-order valence-electron chi connectivity index (χ0n) is 9.18. The van der Waals surface area contributed by atoms with Crippen LogP contribution in [0.5, 0.6) is 0 Å². The van der Waals surface area contributed by atoms with Crippen molar-refractivity contribution < 1.29 is 0 Å². The minimum absolute atomic E-state index is 0.405. The van der Waals surface area contributed by atoms with E-state index in [-0.39, 0.29) is 0 Å². The van der Waals surface area contributed by atoms with Crippen LogP contribution in [0.3, 0.4) is 0 Å². The van der Waals surface area contributed by atoms with E-state index in [9.17, 15) is 0 Å². The van der Waals surface area contributed by atoms with Crippen LogP contribution in [-0.4, -0.2) is 9.55 Å². The Balaban J connectivity index is 2.12. The van der Waals surface area contributed by atoms with Crippen molar-refractivity contribution in [3.63, 3.8) is 0 Å². The zero-order valence-corrected chi connectivity index (χ0v) is 10.7. The number of halogens is 2. The topological polar surface area (TPSA) is 17.8 Å². The van der Waals surface area contributed by atoms with Gasteiger partial charge in [0.2, 0.25) is 0 Å². The molecule has 0 aromatic carbocycles. The van der Waals surface area contributed by atoms with Crippen LogP contribution in [0.1, 0.15) is 45.4 Å². The molecule has 1 heterocycles. The molecule has 0 aliphatic rings. The molecule has 4 heteroatoms. The molecular formula is C11H18Cl2N2. The minimum Gasteiger partial charge on any atom is -0.320 e. The second-order valence-electron chi connectivity index (χ2n) is 3.79. The van der Waals surface area contributed by atoms with Crippen LogP contribution >= 0.6 is 23.2 Å². The molecule has 0 unspecified atom stereocenters. The predicted octanol–water partition coefficient (Wildman–Crippen LogP) is 4.55. The molecule has 0 fully saturated rings. The van der Waals surface area contributed by atoms with Crippen molar-refractivity contribution in [1.29, 1.82) is 0 Å². The number of aromatic nitrogens is 2. The van der Waals surface area contributed by atoms with E-state index in [0.717, 1.165) is 13.0 Å². The van der Waals surface area contributed by atoms with Crippen molar-refractivity contribution in [2.24, 2.45) is 0 Å². The smallest absolute Gasteiger partial charge is 0.166 e. The van der Waals surface area contributed by atoms with Gasteiger partial charge in [0.05, 0.1) is 6.33 Å². The molecule has 0 saturated heterocycles. The van der Waals surface area contributed by atoms with E-state index in [1.165, 1.54) is 32.1 Å². The summed E-state index contributed by atoms with van der Waals surface area (Å²) in [5.74, 6) is 0. The lowest BCUT2D eigenvalue weighted by molar-refractivity contribution is 0.558. The summed E-state index contributed by atoms with van der Waals surface area (Å²) in [6.45, 7) is 3.15. The number of hydrogen-bond donors (Lipinski definition) is 0. The van der Waals surface area contributed by atoms with Crippen LogP contribution < -0.4 is 0 Å². The summed E-state index contributed by atoms with van der Waals surface area (Å²) in [7, 11) is 0. The molecule has 0 amide bonds. The highest BCUT2D eigenvalue weighted by atomic mass is 35.5. The standard InChI is InChI=1S/C11H18Cl2N2/c1-2-3-4-5-6-7-8-15-9-14-10(12)11(15)13/h9H,2-8H2,1H3. The highest BCUT2D eigenvalue weighted by Crippen LogP contribution is 2.20. The second-order valence-corrected chi connectivity index (χ2v) is 4.50. The lowest BCUT2D eigenvalue weighted by Crippen LogP contribution is -1.96. The number of nitrogens with zero attached hydrogens (tertiary/aromatic N) is 2. The van der Waals surface area contributed by atoms with E-state index in [1.807, 2.05) is 4.57 Å². The van der Waals surface area contributed by atoms with Crippen molar-refractivity contribution >= 4 is 23.2 Å². The van der Waals surface area contributed by atoms with Crippen LogP contribution in [0, 0.1) is 0 Å². The van der Waals surface area contributed by atoms with Gasteiger partial charge in [-0.2, -0.15) is 0 Å². The lowest BCUT2D eigenvalue weighted by atomic mass is 10.1. The first-order valence-corrected chi connectivity index (χ1v) is 6.37. The molecule has 0 bridgehead atoms. The molecule has 2 nitrogen and oxygen atoms in total. The Bertz CT molecular complexity index is 284. The van der Waals surface area contributed by atoms with Gasteiger partial charge >= 0.3 is 0 Å². The zero-order chi connectivity index (χ0) is 11.1. The highest BCUT2D eigenvalue weighted by molar-refractivity contribution is 6.40. The van der Waals surface area contributed by atoms with Crippen LogP contribution in [0.2, 0.25) is 10.3 Å². The third kappa shape index (κ3) is 4.43. The number of aryl methyl sites for hydroxylation is 1. The first-order chi connectivity index (χ1) is 7.25. The Morgan fingerprint density at radius 2 is 1.80 bits per heavy atom. The van der Waals surface area contributed by atoms with E-state index in [4.69, 9.17) is 23.2 Å². The Hall–Kier alpha value is -0.210. The molecule has 0 N–H and O–H groups in total. The van der Waals surface area contributed by atoms with Gasteiger partial charge in [0, 0.05) is 6.54 Å². The van der Waals surface area contributed by atoms with Gasteiger partial charge in [0.25, 0.3) is 0 Å². The molecule has 0 radical (unpaired) electrons. The largest absolute Gasteiger partial charge is 0.320 e. The van der Waals surface area contributed by atoms with Gasteiger partial charge in [0.1, 0.15) is 5.15 Å². The quantitative estimate of drug-likeness (QED) is 0.648. The molecule has 1 rings (SSSR count). The molecule has 0 atom stereocenters. The van der Waals surface area contributed by atoms with E-state index >= 15 is 0 Å². The lowest BCUT2D eigenvalue weighted by Gasteiger charge is -2.03. The minimum atomic E-state index is 0.405.